The first-order valence-corrected chi connectivity index (χ1v) is 6.53. The van der Waals surface area contributed by atoms with Gasteiger partial charge in [0, 0.05) is 24.8 Å². The predicted molar refractivity (Wildman–Crippen MR) is 79.9 cm³/mol. The predicted octanol–water partition coefficient (Wildman–Crippen LogP) is 3.57. The Morgan fingerprint density at radius 3 is 2.32 bits per heavy atom. The van der Waals surface area contributed by atoms with Gasteiger partial charge in [0.2, 0.25) is 0 Å². The molecule has 0 amide bonds. The van der Waals surface area contributed by atoms with Gasteiger partial charge in [0.05, 0.1) is 0 Å². The van der Waals surface area contributed by atoms with Crippen molar-refractivity contribution in [3.8, 4) is 0 Å². The Morgan fingerprint density at radius 2 is 1.63 bits per heavy atom. The summed E-state index contributed by atoms with van der Waals surface area (Å²) in [6.07, 6.45) is 0.976. The summed E-state index contributed by atoms with van der Waals surface area (Å²) in [5, 5.41) is 0. The topological polar surface area (TPSA) is 20.3 Å². The second-order valence-electron chi connectivity index (χ2n) is 4.73. The molecular weight excluding hydrogens is 234 g/mol. The number of ketones is 1. The van der Waals surface area contributed by atoms with Crippen LogP contribution in [0.5, 0.6) is 0 Å². The van der Waals surface area contributed by atoms with Gasteiger partial charge in [0.15, 0.2) is 5.78 Å². The number of Topliss-reactive ketones (excluding diaryl/α,β-unsaturated/α-hetero) is 1. The average Bonchev–Trinajstić information content (AvgIpc) is 2.46. The second-order valence-corrected chi connectivity index (χ2v) is 4.73. The molecule has 2 rings (SSSR count). The number of hydrogen-bond acceptors (Lipinski definition) is 2. The molecular formula is C17H19NO. The van der Waals surface area contributed by atoms with Gasteiger partial charge >= 0.3 is 0 Å². The van der Waals surface area contributed by atoms with E-state index in [0.717, 1.165) is 24.2 Å². The van der Waals surface area contributed by atoms with E-state index < -0.39 is 0 Å². The second kappa shape index (κ2) is 6.19. The third-order valence-corrected chi connectivity index (χ3v) is 3.27. The van der Waals surface area contributed by atoms with Crippen LogP contribution in [0.2, 0.25) is 0 Å². The Hall–Kier alpha value is -2.09. The van der Waals surface area contributed by atoms with Gasteiger partial charge < -0.3 is 4.90 Å². The van der Waals surface area contributed by atoms with Crippen LogP contribution in [-0.4, -0.2) is 19.4 Å². The lowest BCUT2D eigenvalue weighted by Gasteiger charge is -2.21. The van der Waals surface area contributed by atoms with Gasteiger partial charge in [-0.15, -0.1) is 0 Å². The minimum atomic E-state index is 0.113. The van der Waals surface area contributed by atoms with Crippen LogP contribution in [0.15, 0.2) is 54.6 Å². The van der Waals surface area contributed by atoms with Crippen molar-refractivity contribution in [2.75, 3.05) is 18.5 Å². The lowest BCUT2D eigenvalue weighted by Crippen LogP contribution is -2.22. The van der Waals surface area contributed by atoms with Gasteiger partial charge in [-0.1, -0.05) is 42.5 Å². The van der Waals surface area contributed by atoms with Crippen molar-refractivity contribution in [2.45, 2.75) is 13.3 Å². The van der Waals surface area contributed by atoms with E-state index in [2.05, 4.69) is 29.2 Å². The van der Waals surface area contributed by atoms with E-state index in [4.69, 9.17) is 0 Å². The van der Waals surface area contributed by atoms with Crippen LogP contribution in [0.3, 0.4) is 0 Å². The zero-order valence-corrected chi connectivity index (χ0v) is 11.5. The van der Waals surface area contributed by atoms with E-state index in [9.17, 15) is 4.79 Å². The number of hydrogen-bond donors (Lipinski definition) is 0. The zero-order valence-electron chi connectivity index (χ0n) is 11.5. The first-order valence-electron chi connectivity index (χ1n) is 6.53. The van der Waals surface area contributed by atoms with Crippen molar-refractivity contribution in [1.29, 1.82) is 0 Å². The molecule has 0 aliphatic rings. The number of carbonyl (C=O) groups is 1. The Balaban J connectivity index is 2.08. The summed E-state index contributed by atoms with van der Waals surface area (Å²) in [6.45, 7) is 2.51. The third-order valence-electron chi connectivity index (χ3n) is 3.27. The van der Waals surface area contributed by atoms with Gasteiger partial charge in [0.1, 0.15) is 0 Å². The summed E-state index contributed by atoms with van der Waals surface area (Å²) in [5.74, 6) is 0.113. The first kappa shape index (κ1) is 13.3. The maximum Gasteiger partial charge on any atom is 0.161 e. The summed E-state index contributed by atoms with van der Waals surface area (Å²) in [5.41, 5.74) is 3.11. The van der Waals surface area contributed by atoms with Crippen LogP contribution < -0.4 is 4.90 Å². The van der Waals surface area contributed by atoms with E-state index in [-0.39, 0.29) is 5.78 Å². The number of para-hydroxylation sites is 1. The fraction of sp³-hybridized carbons (Fsp3) is 0.235. The van der Waals surface area contributed by atoms with Crippen molar-refractivity contribution in [3.63, 3.8) is 0 Å². The van der Waals surface area contributed by atoms with Crippen molar-refractivity contribution < 1.29 is 4.79 Å². The normalized spacial score (nSPS) is 10.2. The molecule has 0 bridgehead atoms. The standard InChI is InChI=1S/C17H19NO/c1-14(19)16-10-6-7-11-17(16)18(2)13-12-15-8-4-3-5-9-15/h3-11H,12-13H2,1-2H3. The fourth-order valence-corrected chi connectivity index (χ4v) is 2.17. The maximum atomic E-state index is 11.6. The molecule has 0 aliphatic heterocycles. The quantitative estimate of drug-likeness (QED) is 0.759. The van der Waals surface area contributed by atoms with Crippen LogP contribution >= 0.6 is 0 Å². The number of benzene rings is 2. The largest absolute Gasteiger partial charge is 0.374 e. The number of likely N-dealkylation sites (N-methyl/N-ethyl adjacent to an activating group) is 1. The molecule has 0 spiro atoms. The van der Waals surface area contributed by atoms with Crippen molar-refractivity contribution >= 4 is 11.5 Å². The van der Waals surface area contributed by atoms with Gasteiger partial charge in [-0.25, -0.2) is 0 Å². The molecule has 0 radical (unpaired) electrons. The Kier molecular flexibility index (Phi) is 4.35. The van der Waals surface area contributed by atoms with E-state index in [0.29, 0.717) is 0 Å². The summed E-state index contributed by atoms with van der Waals surface area (Å²) in [7, 11) is 2.03. The Bertz CT molecular complexity index is 548. The smallest absolute Gasteiger partial charge is 0.161 e. The molecule has 0 heterocycles. The molecule has 0 aliphatic carbocycles. The molecule has 19 heavy (non-hydrogen) atoms. The highest BCUT2D eigenvalue weighted by Crippen LogP contribution is 2.19. The minimum Gasteiger partial charge on any atom is -0.374 e. The van der Waals surface area contributed by atoms with Gasteiger partial charge in [0.25, 0.3) is 0 Å². The highest BCUT2D eigenvalue weighted by Gasteiger charge is 2.09. The maximum absolute atomic E-state index is 11.6. The lowest BCUT2D eigenvalue weighted by molar-refractivity contribution is 0.101. The molecule has 2 aromatic rings. The summed E-state index contributed by atoms with van der Waals surface area (Å²) in [4.78, 5) is 13.8. The van der Waals surface area contributed by atoms with Gasteiger partial charge in [-0.05, 0) is 31.0 Å². The molecule has 0 unspecified atom stereocenters. The summed E-state index contributed by atoms with van der Waals surface area (Å²) in [6, 6.07) is 18.2. The Morgan fingerprint density at radius 1 is 1.00 bits per heavy atom. The molecule has 2 aromatic carbocycles. The fourth-order valence-electron chi connectivity index (χ4n) is 2.17. The van der Waals surface area contributed by atoms with E-state index in [1.807, 2.05) is 37.4 Å². The number of anilines is 1. The summed E-state index contributed by atoms with van der Waals surface area (Å²) >= 11 is 0. The van der Waals surface area contributed by atoms with Crippen LogP contribution in [0.1, 0.15) is 22.8 Å². The monoisotopic (exact) mass is 253 g/mol. The molecule has 0 atom stereocenters. The van der Waals surface area contributed by atoms with Crippen molar-refractivity contribution in [3.05, 3.63) is 65.7 Å². The molecule has 0 N–H and O–H groups in total. The lowest BCUT2D eigenvalue weighted by atomic mass is 10.1. The van der Waals surface area contributed by atoms with Crippen LogP contribution in [0, 0.1) is 0 Å². The highest BCUT2D eigenvalue weighted by molar-refractivity contribution is 5.99. The van der Waals surface area contributed by atoms with E-state index in [1.165, 1.54) is 5.56 Å². The molecule has 2 nitrogen and oxygen atoms in total. The Labute approximate surface area is 114 Å². The van der Waals surface area contributed by atoms with E-state index in [1.54, 1.807) is 6.92 Å². The first-order chi connectivity index (χ1) is 9.18. The SMILES string of the molecule is CC(=O)c1ccccc1N(C)CCc1ccccc1. The third kappa shape index (κ3) is 3.44. The average molecular weight is 253 g/mol. The summed E-state index contributed by atoms with van der Waals surface area (Å²) < 4.78 is 0. The minimum absolute atomic E-state index is 0.113. The van der Waals surface area contributed by atoms with Crippen LogP contribution in [0.4, 0.5) is 5.69 Å². The van der Waals surface area contributed by atoms with Gasteiger partial charge in [-0.2, -0.15) is 0 Å². The van der Waals surface area contributed by atoms with Crippen LogP contribution in [0.25, 0.3) is 0 Å². The molecule has 2 heteroatoms. The molecule has 98 valence electrons. The van der Waals surface area contributed by atoms with Crippen molar-refractivity contribution in [1.82, 2.24) is 0 Å². The molecule has 0 saturated heterocycles. The molecule has 0 aromatic heterocycles. The van der Waals surface area contributed by atoms with Gasteiger partial charge in [-0.3, -0.25) is 4.79 Å². The highest BCUT2D eigenvalue weighted by atomic mass is 16.1. The van der Waals surface area contributed by atoms with Crippen LogP contribution in [-0.2, 0) is 6.42 Å². The zero-order chi connectivity index (χ0) is 13.7. The number of carbonyl (C=O) groups excluding carboxylic acids is 1. The number of nitrogens with zero attached hydrogens (tertiary/aromatic N) is 1. The van der Waals surface area contributed by atoms with Crippen molar-refractivity contribution in [2.24, 2.45) is 0 Å². The van der Waals surface area contributed by atoms with E-state index >= 15 is 0 Å². The number of rotatable bonds is 5. The molecule has 0 fully saturated rings. The molecule has 0 saturated carbocycles.